The number of hydrogen-bond donors (Lipinski definition) is 2. The van der Waals surface area contributed by atoms with Gasteiger partial charge in [0.1, 0.15) is 0 Å². The molecule has 2 nitrogen and oxygen atoms in total. The van der Waals surface area contributed by atoms with Gasteiger partial charge in [-0.3, -0.25) is 0 Å². The second-order valence-corrected chi connectivity index (χ2v) is 5.37. The Bertz CT molecular complexity index is 310. The van der Waals surface area contributed by atoms with Crippen LogP contribution in [-0.2, 0) is 5.60 Å². The van der Waals surface area contributed by atoms with Crippen LogP contribution in [-0.4, -0.2) is 17.2 Å². The fourth-order valence-corrected chi connectivity index (χ4v) is 3.64. The van der Waals surface area contributed by atoms with Crippen LogP contribution in [0.15, 0.2) is 16.8 Å². The van der Waals surface area contributed by atoms with Crippen LogP contribution in [0.3, 0.4) is 0 Å². The van der Waals surface area contributed by atoms with Crippen LogP contribution in [0, 0.1) is 0 Å². The second-order valence-electron chi connectivity index (χ2n) is 4.59. The summed E-state index contributed by atoms with van der Waals surface area (Å²) in [6.07, 6.45) is 4.24. The highest BCUT2D eigenvalue weighted by Gasteiger charge is 2.43. The predicted molar refractivity (Wildman–Crippen MR) is 57.4 cm³/mol. The molecule has 3 rings (SSSR count). The minimum atomic E-state index is -0.545. The van der Waals surface area contributed by atoms with Crippen LogP contribution in [0.2, 0.25) is 0 Å². The quantitative estimate of drug-likeness (QED) is 0.740. The van der Waals surface area contributed by atoms with E-state index in [0.717, 1.165) is 18.4 Å². The molecule has 2 aliphatic heterocycles. The van der Waals surface area contributed by atoms with E-state index in [1.807, 2.05) is 0 Å². The molecule has 1 aromatic rings. The Kier molecular flexibility index (Phi) is 1.94. The lowest BCUT2D eigenvalue weighted by atomic mass is 9.83. The van der Waals surface area contributed by atoms with Gasteiger partial charge in [0.2, 0.25) is 0 Å². The summed E-state index contributed by atoms with van der Waals surface area (Å²) >= 11 is 1.67. The monoisotopic (exact) mass is 209 g/mol. The maximum Gasteiger partial charge on any atom is 0.0934 e. The van der Waals surface area contributed by atoms with Gasteiger partial charge >= 0.3 is 0 Å². The molecule has 14 heavy (non-hydrogen) atoms. The average molecular weight is 209 g/mol. The first kappa shape index (κ1) is 8.89. The van der Waals surface area contributed by atoms with Crippen LogP contribution in [0.1, 0.15) is 31.2 Å². The summed E-state index contributed by atoms with van der Waals surface area (Å²) in [5.74, 6) is 0. The first-order valence-corrected chi connectivity index (χ1v) is 6.22. The molecular formula is C11H15NOS. The summed E-state index contributed by atoms with van der Waals surface area (Å²) in [6.45, 7) is 0. The van der Waals surface area contributed by atoms with Crippen molar-refractivity contribution >= 4 is 11.3 Å². The van der Waals surface area contributed by atoms with Gasteiger partial charge in [-0.1, -0.05) is 0 Å². The normalized spacial score (nSPS) is 41.5. The van der Waals surface area contributed by atoms with Crippen LogP contribution >= 0.6 is 11.3 Å². The summed E-state index contributed by atoms with van der Waals surface area (Å²) in [5, 5.41) is 18.3. The molecule has 0 aliphatic carbocycles. The molecule has 2 aliphatic rings. The third-order valence-corrected chi connectivity index (χ3v) is 4.24. The molecule has 0 amide bonds. The molecular weight excluding hydrogens is 194 g/mol. The summed E-state index contributed by atoms with van der Waals surface area (Å²) < 4.78 is 0. The third-order valence-electron chi connectivity index (χ3n) is 3.56. The van der Waals surface area contributed by atoms with Crippen molar-refractivity contribution in [2.75, 3.05) is 0 Å². The molecule has 2 unspecified atom stereocenters. The number of piperidine rings is 1. The molecule has 76 valence electrons. The second kappa shape index (κ2) is 3.05. The molecule has 0 aromatic carbocycles. The van der Waals surface area contributed by atoms with Gasteiger partial charge in [0.15, 0.2) is 0 Å². The topological polar surface area (TPSA) is 32.3 Å². The van der Waals surface area contributed by atoms with Crippen molar-refractivity contribution in [3.05, 3.63) is 22.4 Å². The molecule has 1 aromatic heterocycles. The SMILES string of the molecule is OC1(c2ccsc2)CC2CCC(C1)N2. The smallest absolute Gasteiger partial charge is 0.0934 e. The summed E-state index contributed by atoms with van der Waals surface area (Å²) in [7, 11) is 0. The predicted octanol–water partition coefficient (Wildman–Crippen LogP) is 1.85. The van der Waals surface area contributed by atoms with Crippen LogP contribution in [0.5, 0.6) is 0 Å². The van der Waals surface area contributed by atoms with E-state index in [1.165, 1.54) is 12.8 Å². The number of hydrogen-bond acceptors (Lipinski definition) is 3. The number of rotatable bonds is 1. The summed E-state index contributed by atoms with van der Waals surface area (Å²) in [5.41, 5.74) is 0.581. The Hall–Kier alpha value is -0.380. The molecule has 2 N–H and O–H groups in total. The lowest BCUT2D eigenvalue weighted by Crippen LogP contribution is -2.46. The highest BCUT2D eigenvalue weighted by molar-refractivity contribution is 7.08. The molecule has 3 heteroatoms. The standard InChI is InChI=1S/C11H15NOS/c13-11(8-3-4-14-7-8)5-9-1-2-10(6-11)12-9/h3-4,7,9-10,12-13H,1-2,5-6H2. The Morgan fingerprint density at radius 1 is 1.36 bits per heavy atom. The Balaban J connectivity index is 1.90. The highest BCUT2D eigenvalue weighted by Crippen LogP contribution is 2.41. The molecule has 2 saturated heterocycles. The first-order valence-electron chi connectivity index (χ1n) is 5.27. The van der Waals surface area contributed by atoms with Gasteiger partial charge < -0.3 is 10.4 Å². The van der Waals surface area contributed by atoms with Gasteiger partial charge in [-0.2, -0.15) is 11.3 Å². The van der Waals surface area contributed by atoms with E-state index in [4.69, 9.17) is 0 Å². The molecule has 3 heterocycles. The van der Waals surface area contributed by atoms with Gasteiger partial charge in [0, 0.05) is 12.1 Å². The molecule has 2 atom stereocenters. The minimum Gasteiger partial charge on any atom is -0.385 e. The molecule has 2 fully saturated rings. The van der Waals surface area contributed by atoms with Crippen molar-refractivity contribution < 1.29 is 5.11 Å². The van der Waals surface area contributed by atoms with Gasteiger partial charge in [-0.25, -0.2) is 0 Å². The van der Waals surface area contributed by atoms with E-state index >= 15 is 0 Å². The largest absolute Gasteiger partial charge is 0.385 e. The number of nitrogens with one attached hydrogen (secondary N) is 1. The summed E-state index contributed by atoms with van der Waals surface area (Å²) in [6, 6.07) is 3.15. The van der Waals surface area contributed by atoms with E-state index in [0.29, 0.717) is 12.1 Å². The van der Waals surface area contributed by atoms with Crippen molar-refractivity contribution in [3.8, 4) is 0 Å². The van der Waals surface area contributed by atoms with Gasteiger partial charge in [-0.15, -0.1) is 0 Å². The average Bonchev–Trinajstić information content (AvgIpc) is 2.75. The van der Waals surface area contributed by atoms with Gasteiger partial charge in [-0.05, 0) is 48.1 Å². The van der Waals surface area contributed by atoms with E-state index in [9.17, 15) is 5.11 Å². The summed E-state index contributed by atoms with van der Waals surface area (Å²) in [4.78, 5) is 0. The Labute approximate surface area is 88.0 Å². The third kappa shape index (κ3) is 1.31. The van der Waals surface area contributed by atoms with Crippen LogP contribution in [0.4, 0.5) is 0 Å². The van der Waals surface area contributed by atoms with E-state index in [2.05, 4.69) is 22.1 Å². The number of thiophene rings is 1. The zero-order valence-electron chi connectivity index (χ0n) is 8.07. The Morgan fingerprint density at radius 2 is 2.07 bits per heavy atom. The van der Waals surface area contributed by atoms with Crippen molar-refractivity contribution in [2.45, 2.75) is 43.4 Å². The van der Waals surface area contributed by atoms with E-state index < -0.39 is 5.60 Å². The molecule has 2 bridgehead atoms. The first-order chi connectivity index (χ1) is 6.76. The van der Waals surface area contributed by atoms with Crippen molar-refractivity contribution in [3.63, 3.8) is 0 Å². The number of fused-ring (bicyclic) bond motifs is 2. The minimum absolute atomic E-state index is 0.540. The van der Waals surface area contributed by atoms with E-state index in [-0.39, 0.29) is 0 Å². The van der Waals surface area contributed by atoms with Crippen LogP contribution < -0.4 is 5.32 Å². The molecule has 0 saturated carbocycles. The highest BCUT2D eigenvalue weighted by atomic mass is 32.1. The molecule has 0 spiro atoms. The van der Waals surface area contributed by atoms with Crippen LogP contribution in [0.25, 0.3) is 0 Å². The van der Waals surface area contributed by atoms with Crippen molar-refractivity contribution in [2.24, 2.45) is 0 Å². The number of aliphatic hydroxyl groups is 1. The van der Waals surface area contributed by atoms with E-state index in [1.54, 1.807) is 11.3 Å². The van der Waals surface area contributed by atoms with Gasteiger partial charge in [0.05, 0.1) is 5.60 Å². The fourth-order valence-electron chi connectivity index (χ4n) is 2.89. The zero-order chi connectivity index (χ0) is 9.60. The lowest BCUT2D eigenvalue weighted by Gasteiger charge is -2.36. The maximum atomic E-state index is 10.6. The Morgan fingerprint density at radius 3 is 2.64 bits per heavy atom. The van der Waals surface area contributed by atoms with Crippen molar-refractivity contribution in [1.82, 2.24) is 5.32 Å². The molecule has 0 radical (unpaired) electrons. The lowest BCUT2D eigenvalue weighted by molar-refractivity contribution is -0.0110. The fraction of sp³-hybridized carbons (Fsp3) is 0.636. The van der Waals surface area contributed by atoms with Gasteiger partial charge in [0.25, 0.3) is 0 Å². The zero-order valence-corrected chi connectivity index (χ0v) is 8.89. The van der Waals surface area contributed by atoms with Crippen molar-refractivity contribution in [1.29, 1.82) is 0 Å². The maximum absolute atomic E-state index is 10.6.